The normalized spacial score (nSPS) is 13.7. The van der Waals surface area contributed by atoms with Gasteiger partial charge in [0.15, 0.2) is 5.82 Å². The van der Waals surface area contributed by atoms with Gasteiger partial charge >= 0.3 is 6.03 Å². The third-order valence-electron chi connectivity index (χ3n) is 6.28. The minimum Gasteiger partial charge on any atom is -0.369 e. The van der Waals surface area contributed by atoms with Crippen molar-refractivity contribution in [2.24, 2.45) is 0 Å². The van der Waals surface area contributed by atoms with E-state index >= 15 is 0 Å². The number of carbonyl (C=O) groups is 2. The summed E-state index contributed by atoms with van der Waals surface area (Å²) in [6.07, 6.45) is 0. The van der Waals surface area contributed by atoms with Crippen molar-refractivity contribution >= 4 is 34.8 Å². The van der Waals surface area contributed by atoms with Gasteiger partial charge in [-0.2, -0.15) is 5.10 Å². The quantitative estimate of drug-likeness (QED) is 0.310. The summed E-state index contributed by atoms with van der Waals surface area (Å²) in [5.41, 5.74) is 4.57. The first kappa shape index (κ1) is 24.1. The lowest BCUT2D eigenvalue weighted by Gasteiger charge is -2.34. The summed E-state index contributed by atoms with van der Waals surface area (Å²) < 4.78 is 0. The fourth-order valence-corrected chi connectivity index (χ4v) is 4.19. The van der Waals surface area contributed by atoms with Crippen LogP contribution in [-0.4, -0.2) is 60.3 Å². The van der Waals surface area contributed by atoms with Gasteiger partial charge in [0.05, 0.1) is 5.69 Å². The molecule has 0 bridgehead atoms. The molecule has 5 rings (SSSR count). The Labute approximate surface area is 215 Å². The highest BCUT2D eigenvalue weighted by Crippen LogP contribution is 2.24. The van der Waals surface area contributed by atoms with Gasteiger partial charge in [0.1, 0.15) is 0 Å². The standard InChI is InChI=1S/C28H29N7O2/c1-34-14-16-35(17-15-34)24-12-10-20(11-13-24)27(36)31-26-19-25(32-33-26)21-6-5-9-23(18-21)30-28(37)29-22-7-3-2-4-8-22/h2-13,18-19H,14-17H2,1H3,(H2,29,30,37)(H2,31,32,33,36). The molecule has 9 nitrogen and oxygen atoms in total. The molecule has 0 saturated carbocycles. The summed E-state index contributed by atoms with van der Waals surface area (Å²) in [5, 5.41) is 15.7. The predicted molar refractivity (Wildman–Crippen MR) is 147 cm³/mol. The van der Waals surface area contributed by atoms with Crippen LogP contribution in [0.4, 0.5) is 27.7 Å². The maximum atomic E-state index is 12.8. The van der Waals surface area contributed by atoms with Crippen LogP contribution in [0.3, 0.4) is 0 Å². The fourth-order valence-electron chi connectivity index (χ4n) is 4.19. The number of nitrogens with one attached hydrogen (secondary N) is 4. The number of likely N-dealkylation sites (N-methyl/N-ethyl adjacent to an activating group) is 1. The second-order valence-corrected chi connectivity index (χ2v) is 8.98. The first-order chi connectivity index (χ1) is 18.0. The molecular weight excluding hydrogens is 466 g/mol. The number of urea groups is 1. The highest BCUT2D eigenvalue weighted by molar-refractivity contribution is 6.04. The second kappa shape index (κ2) is 11.0. The van der Waals surface area contributed by atoms with Crippen molar-refractivity contribution in [1.29, 1.82) is 0 Å². The molecule has 1 aliphatic rings. The summed E-state index contributed by atoms with van der Waals surface area (Å²) in [5.74, 6) is 0.194. The molecule has 1 aromatic heterocycles. The minimum absolute atomic E-state index is 0.226. The number of aromatic amines is 1. The molecule has 9 heteroatoms. The average molecular weight is 496 g/mol. The molecule has 0 aliphatic carbocycles. The van der Waals surface area contributed by atoms with Crippen molar-refractivity contribution in [3.05, 3.63) is 90.5 Å². The molecule has 37 heavy (non-hydrogen) atoms. The number of rotatable bonds is 6. The average Bonchev–Trinajstić information content (AvgIpc) is 3.38. The summed E-state index contributed by atoms with van der Waals surface area (Å²) in [6.45, 7) is 4.02. The summed E-state index contributed by atoms with van der Waals surface area (Å²) in [4.78, 5) is 29.7. The number of nitrogens with zero attached hydrogens (tertiary/aromatic N) is 3. The zero-order valence-electron chi connectivity index (χ0n) is 20.6. The molecule has 1 saturated heterocycles. The van der Waals surface area contributed by atoms with E-state index in [-0.39, 0.29) is 11.9 Å². The third-order valence-corrected chi connectivity index (χ3v) is 6.28. The summed E-state index contributed by atoms with van der Waals surface area (Å²) in [6, 6.07) is 25.7. The molecule has 3 aromatic carbocycles. The topological polar surface area (TPSA) is 105 Å². The molecular formula is C28H29N7O2. The lowest BCUT2D eigenvalue weighted by atomic mass is 10.1. The number of anilines is 4. The van der Waals surface area contributed by atoms with Gasteiger partial charge in [-0.15, -0.1) is 0 Å². The number of H-pyrrole nitrogens is 1. The highest BCUT2D eigenvalue weighted by atomic mass is 16.2. The van der Waals surface area contributed by atoms with Crippen LogP contribution < -0.4 is 20.9 Å². The molecule has 0 radical (unpaired) electrons. The Balaban J connectivity index is 1.19. The molecule has 188 valence electrons. The van der Waals surface area contributed by atoms with E-state index in [1.54, 1.807) is 12.1 Å². The fraction of sp³-hybridized carbons (Fsp3) is 0.179. The number of hydrogen-bond donors (Lipinski definition) is 4. The predicted octanol–water partition coefficient (Wildman–Crippen LogP) is 4.72. The Kier molecular flexibility index (Phi) is 7.14. The lowest BCUT2D eigenvalue weighted by Crippen LogP contribution is -2.44. The smallest absolute Gasteiger partial charge is 0.323 e. The second-order valence-electron chi connectivity index (χ2n) is 8.98. The van der Waals surface area contributed by atoms with Crippen LogP contribution in [0.15, 0.2) is 84.9 Å². The molecule has 4 aromatic rings. The van der Waals surface area contributed by atoms with Gasteiger partial charge in [0.25, 0.3) is 5.91 Å². The Hall–Kier alpha value is -4.63. The lowest BCUT2D eigenvalue weighted by molar-refractivity contribution is 0.102. The van der Waals surface area contributed by atoms with Crippen LogP contribution >= 0.6 is 0 Å². The number of aromatic nitrogens is 2. The van der Waals surface area contributed by atoms with Gasteiger partial charge in [-0.05, 0) is 55.6 Å². The van der Waals surface area contributed by atoms with Gasteiger partial charge in [-0.3, -0.25) is 9.89 Å². The zero-order chi connectivity index (χ0) is 25.6. The van der Waals surface area contributed by atoms with E-state index in [0.717, 1.165) is 37.4 Å². The molecule has 1 aliphatic heterocycles. The van der Waals surface area contributed by atoms with E-state index in [1.807, 2.05) is 72.8 Å². The van der Waals surface area contributed by atoms with E-state index in [9.17, 15) is 9.59 Å². The number of amides is 3. The summed E-state index contributed by atoms with van der Waals surface area (Å²) >= 11 is 0. The van der Waals surface area contributed by atoms with E-state index < -0.39 is 0 Å². The Morgan fingerprint density at radius 1 is 0.784 bits per heavy atom. The molecule has 0 unspecified atom stereocenters. The molecule has 2 heterocycles. The number of piperazine rings is 1. The van der Waals surface area contributed by atoms with Crippen molar-refractivity contribution in [1.82, 2.24) is 15.1 Å². The third kappa shape index (κ3) is 6.14. The van der Waals surface area contributed by atoms with Crippen molar-refractivity contribution in [3.63, 3.8) is 0 Å². The summed E-state index contributed by atoms with van der Waals surface area (Å²) in [7, 11) is 2.13. The first-order valence-electron chi connectivity index (χ1n) is 12.2. The monoisotopic (exact) mass is 495 g/mol. The Morgan fingerprint density at radius 3 is 2.24 bits per heavy atom. The maximum Gasteiger partial charge on any atom is 0.323 e. The van der Waals surface area contributed by atoms with Crippen LogP contribution in [0.5, 0.6) is 0 Å². The van der Waals surface area contributed by atoms with Crippen LogP contribution in [0.1, 0.15) is 10.4 Å². The molecule has 1 fully saturated rings. The Morgan fingerprint density at radius 2 is 1.49 bits per heavy atom. The van der Waals surface area contributed by atoms with Crippen molar-refractivity contribution in [2.45, 2.75) is 0 Å². The Bertz CT molecular complexity index is 1360. The van der Waals surface area contributed by atoms with Crippen LogP contribution in [0.2, 0.25) is 0 Å². The molecule has 0 spiro atoms. The largest absolute Gasteiger partial charge is 0.369 e. The van der Waals surface area contributed by atoms with Gasteiger partial charge in [0.2, 0.25) is 0 Å². The molecule has 3 amide bonds. The number of para-hydroxylation sites is 1. The molecule has 4 N–H and O–H groups in total. The van der Waals surface area contributed by atoms with Crippen molar-refractivity contribution in [3.8, 4) is 11.3 Å². The highest BCUT2D eigenvalue weighted by Gasteiger charge is 2.15. The minimum atomic E-state index is -0.334. The van der Waals surface area contributed by atoms with Crippen LogP contribution in [0.25, 0.3) is 11.3 Å². The van der Waals surface area contributed by atoms with E-state index in [0.29, 0.717) is 28.5 Å². The van der Waals surface area contributed by atoms with Crippen molar-refractivity contribution < 1.29 is 9.59 Å². The maximum absolute atomic E-state index is 12.8. The number of carbonyl (C=O) groups excluding carboxylic acids is 2. The van der Waals surface area contributed by atoms with Crippen molar-refractivity contribution in [2.75, 3.05) is 54.1 Å². The van der Waals surface area contributed by atoms with E-state index in [1.165, 1.54) is 0 Å². The van der Waals surface area contributed by atoms with Crippen LogP contribution in [0, 0.1) is 0 Å². The van der Waals surface area contributed by atoms with Gasteiger partial charge in [-0.25, -0.2) is 4.79 Å². The van der Waals surface area contributed by atoms with Gasteiger partial charge in [0, 0.05) is 60.4 Å². The van der Waals surface area contributed by atoms with Gasteiger partial charge < -0.3 is 25.8 Å². The van der Waals surface area contributed by atoms with E-state index in [4.69, 9.17) is 0 Å². The first-order valence-corrected chi connectivity index (χ1v) is 12.2. The zero-order valence-corrected chi connectivity index (χ0v) is 20.6. The van der Waals surface area contributed by atoms with Gasteiger partial charge in [-0.1, -0.05) is 30.3 Å². The molecule has 0 atom stereocenters. The number of hydrogen-bond acceptors (Lipinski definition) is 5. The SMILES string of the molecule is CN1CCN(c2ccc(C(=O)Nc3cc(-c4cccc(NC(=O)Nc5ccccc5)c4)[nH]n3)cc2)CC1. The van der Waals surface area contributed by atoms with E-state index in [2.05, 4.69) is 43.0 Å². The van der Waals surface area contributed by atoms with Crippen LogP contribution in [-0.2, 0) is 0 Å². The number of benzene rings is 3.